The largest absolute Gasteiger partial charge is 0.394 e. The number of aliphatic hydroxyl groups excluding tert-OH is 1. The van der Waals surface area contributed by atoms with Crippen LogP contribution in [0.25, 0.3) is 5.65 Å². The summed E-state index contributed by atoms with van der Waals surface area (Å²) in [5, 5.41) is 13.1. The first-order valence-electron chi connectivity index (χ1n) is 8.45. The second kappa shape index (κ2) is 6.69. The second-order valence-corrected chi connectivity index (χ2v) is 6.38. The van der Waals surface area contributed by atoms with Crippen LogP contribution in [0, 0.1) is 13.8 Å². The summed E-state index contributed by atoms with van der Waals surface area (Å²) in [5.41, 5.74) is 3.10. The summed E-state index contributed by atoms with van der Waals surface area (Å²) < 4.78 is 1.90. The van der Waals surface area contributed by atoms with Crippen molar-refractivity contribution in [2.45, 2.75) is 32.7 Å². The zero-order valence-electron chi connectivity index (χ0n) is 14.8. The first-order chi connectivity index (χ1) is 12.0. The number of hydrogen-bond donors (Lipinski definition) is 2. The third kappa shape index (κ3) is 3.03. The molecule has 1 unspecified atom stereocenters. The van der Waals surface area contributed by atoms with E-state index in [1.165, 1.54) is 0 Å². The first-order valence-corrected chi connectivity index (χ1v) is 8.45. The Labute approximate surface area is 147 Å². The van der Waals surface area contributed by atoms with Gasteiger partial charge in [0.15, 0.2) is 0 Å². The Hall–Kier alpha value is -2.66. The highest BCUT2D eigenvalue weighted by molar-refractivity contribution is 6.00. The molecular weight excluding hydrogens is 314 g/mol. The number of fused-ring (bicyclic) bond motifs is 1. The number of nitrogens with zero attached hydrogens (tertiary/aromatic N) is 2. The summed E-state index contributed by atoms with van der Waals surface area (Å²) in [6, 6.07) is 13.3. The summed E-state index contributed by atoms with van der Waals surface area (Å²) in [6.45, 7) is 5.68. The van der Waals surface area contributed by atoms with Gasteiger partial charge in [-0.1, -0.05) is 37.3 Å². The number of aryl methyl sites for hydroxylation is 2. The van der Waals surface area contributed by atoms with Gasteiger partial charge >= 0.3 is 0 Å². The van der Waals surface area contributed by atoms with Gasteiger partial charge in [0.05, 0.1) is 17.7 Å². The van der Waals surface area contributed by atoms with Crippen LogP contribution in [0.2, 0.25) is 0 Å². The lowest BCUT2D eigenvalue weighted by atomic mass is 9.87. The average molecular weight is 337 g/mol. The zero-order valence-corrected chi connectivity index (χ0v) is 14.8. The molecule has 0 aliphatic carbocycles. The van der Waals surface area contributed by atoms with Gasteiger partial charge in [-0.15, -0.1) is 0 Å². The topological polar surface area (TPSA) is 66.6 Å². The van der Waals surface area contributed by atoms with Gasteiger partial charge in [0, 0.05) is 17.6 Å². The fourth-order valence-electron chi connectivity index (χ4n) is 3.22. The van der Waals surface area contributed by atoms with Crippen LogP contribution in [-0.4, -0.2) is 27.0 Å². The number of rotatable bonds is 5. The van der Waals surface area contributed by atoms with Crippen molar-refractivity contribution in [1.29, 1.82) is 0 Å². The van der Waals surface area contributed by atoms with E-state index in [-0.39, 0.29) is 12.5 Å². The van der Waals surface area contributed by atoms with Crippen LogP contribution in [0.4, 0.5) is 0 Å². The lowest BCUT2D eigenvalue weighted by Gasteiger charge is -2.32. The van der Waals surface area contributed by atoms with Crippen LogP contribution in [0.15, 0.2) is 48.7 Å². The lowest BCUT2D eigenvalue weighted by Crippen LogP contribution is -2.48. The third-order valence-corrected chi connectivity index (χ3v) is 4.74. The number of aliphatic hydroxyl groups is 1. The highest BCUT2D eigenvalue weighted by Gasteiger charge is 2.32. The summed E-state index contributed by atoms with van der Waals surface area (Å²) in [6.07, 6.45) is 2.43. The Morgan fingerprint density at radius 2 is 1.96 bits per heavy atom. The maximum atomic E-state index is 13.0. The molecule has 1 atom stereocenters. The summed E-state index contributed by atoms with van der Waals surface area (Å²) in [7, 11) is 0. The van der Waals surface area contributed by atoms with Gasteiger partial charge < -0.3 is 14.8 Å². The fourth-order valence-corrected chi connectivity index (χ4v) is 3.22. The standard InChI is InChI=1S/C20H23N3O2/c1-4-20(13-24,16-8-6-5-7-9-16)22-19(25)17-10-11-23-15(3)12-14(2)21-18(17)23/h5-12,24H,4,13H2,1-3H3,(H,22,25). The smallest absolute Gasteiger partial charge is 0.255 e. The number of carbonyl (C=O) groups is 1. The summed E-state index contributed by atoms with van der Waals surface area (Å²) in [4.78, 5) is 17.5. The number of amides is 1. The molecular formula is C20H23N3O2. The van der Waals surface area contributed by atoms with E-state index in [1.54, 1.807) is 6.07 Å². The van der Waals surface area contributed by atoms with Crippen molar-refractivity contribution in [3.63, 3.8) is 0 Å². The van der Waals surface area contributed by atoms with Crippen molar-refractivity contribution in [3.8, 4) is 0 Å². The van der Waals surface area contributed by atoms with E-state index in [4.69, 9.17) is 0 Å². The number of carbonyl (C=O) groups excluding carboxylic acids is 1. The van der Waals surface area contributed by atoms with Crippen LogP contribution < -0.4 is 5.32 Å². The minimum atomic E-state index is -0.814. The van der Waals surface area contributed by atoms with Crippen molar-refractivity contribution in [1.82, 2.24) is 14.7 Å². The van der Waals surface area contributed by atoms with Gasteiger partial charge in [-0.3, -0.25) is 4.79 Å². The van der Waals surface area contributed by atoms with Crippen LogP contribution in [0.1, 0.15) is 40.7 Å². The second-order valence-electron chi connectivity index (χ2n) is 6.38. The van der Waals surface area contributed by atoms with Crippen molar-refractivity contribution < 1.29 is 9.90 Å². The van der Waals surface area contributed by atoms with Gasteiger partial charge in [0.2, 0.25) is 0 Å². The Bertz CT molecular complexity index is 896. The number of benzene rings is 1. The Morgan fingerprint density at radius 1 is 1.24 bits per heavy atom. The lowest BCUT2D eigenvalue weighted by molar-refractivity contribution is 0.0822. The maximum absolute atomic E-state index is 13.0. The molecule has 0 aliphatic heterocycles. The fraction of sp³-hybridized carbons (Fsp3) is 0.300. The normalized spacial score (nSPS) is 13.6. The van der Waals surface area contributed by atoms with E-state index in [1.807, 2.05) is 67.8 Å². The maximum Gasteiger partial charge on any atom is 0.255 e. The first kappa shape index (κ1) is 17.2. The molecule has 5 heteroatoms. The van der Waals surface area contributed by atoms with E-state index in [2.05, 4.69) is 10.3 Å². The van der Waals surface area contributed by atoms with E-state index < -0.39 is 5.54 Å². The van der Waals surface area contributed by atoms with Gasteiger partial charge in [-0.05, 0) is 38.0 Å². The molecule has 2 heterocycles. The molecule has 1 amide bonds. The molecule has 0 spiro atoms. The quantitative estimate of drug-likeness (QED) is 0.752. The number of aromatic nitrogens is 2. The van der Waals surface area contributed by atoms with Crippen molar-refractivity contribution in [2.75, 3.05) is 6.61 Å². The molecule has 0 aliphatic rings. The molecule has 0 saturated heterocycles. The van der Waals surface area contributed by atoms with Crippen LogP contribution >= 0.6 is 0 Å². The van der Waals surface area contributed by atoms with Gasteiger partial charge in [0.25, 0.3) is 5.91 Å². The molecule has 0 bridgehead atoms. The Balaban J connectivity index is 2.01. The highest BCUT2D eigenvalue weighted by atomic mass is 16.3. The highest BCUT2D eigenvalue weighted by Crippen LogP contribution is 2.26. The predicted molar refractivity (Wildman–Crippen MR) is 97.6 cm³/mol. The molecule has 1 aromatic carbocycles. The molecule has 130 valence electrons. The molecule has 3 aromatic rings. The molecule has 2 N–H and O–H groups in total. The minimum absolute atomic E-state index is 0.170. The molecule has 5 nitrogen and oxygen atoms in total. The van der Waals surface area contributed by atoms with Crippen molar-refractivity contribution in [2.24, 2.45) is 0 Å². The van der Waals surface area contributed by atoms with Crippen LogP contribution in [0.5, 0.6) is 0 Å². The van der Waals surface area contributed by atoms with E-state index >= 15 is 0 Å². The summed E-state index contributed by atoms with van der Waals surface area (Å²) >= 11 is 0. The van der Waals surface area contributed by atoms with E-state index in [0.717, 1.165) is 17.0 Å². The molecule has 0 radical (unpaired) electrons. The molecule has 2 aromatic heterocycles. The predicted octanol–water partition coefficient (Wildman–Crippen LogP) is 2.98. The third-order valence-electron chi connectivity index (χ3n) is 4.74. The molecule has 3 rings (SSSR count). The number of hydrogen-bond acceptors (Lipinski definition) is 3. The van der Waals surface area contributed by atoms with Crippen molar-refractivity contribution >= 4 is 11.6 Å². The SMILES string of the molecule is CCC(CO)(NC(=O)c1ccn2c(C)cc(C)nc12)c1ccccc1. The monoisotopic (exact) mass is 337 g/mol. The Morgan fingerprint density at radius 3 is 2.60 bits per heavy atom. The summed E-state index contributed by atoms with van der Waals surface area (Å²) in [5.74, 6) is -0.236. The average Bonchev–Trinajstić information content (AvgIpc) is 3.04. The molecule has 0 saturated carbocycles. The van der Waals surface area contributed by atoms with Crippen LogP contribution in [-0.2, 0) is 5.54 Å². The number of nitrogens with one attached hydrogen (secondary N) is 1. The Kier molecular flexibility index (Phi) is 4.59. The van der Waals surface area contributed by atoms with Crippen LogP contribution in [0.3, 0.4) is 0 Å². The van der Waals surface area contributed by atoms with Gasteiger partial charge in [-0.2, -0.15) is 0 Å². The van der Waals surface area contributed by atoms with E-state index in [0.29, 0.717) is 17.6 Å². The van der Waals surface area contributed by atoms with E-state index in [9.17, 15) is 9.90 Å². The molecule has 0 fully saturated rings. The van der Waals surface area contributed by atoms with Gasteiger partial charge in [-0.25, -0.2) is 4.98 Å². The van der Waals surface area contributed by atoms with Crippen molar-refractivity contribution in [3.05, 3.63) is 71.2 Å². The molecule has 25 heavy (non-hydrogen) atoms. The van der Waals surface area contributed by atoms with Gasteiger partial charge in [0.1, 0.15) is 5.65 Å². The zero-order chi connectivity index (χ0) is 18.0. The minimum Gasteiger partial charge on any atom is -0.394 e.